The molecular weight excluding hydrogens is 593 g/mol. The lowest BCUT2D eigenvalue weighted by molar-refractivity contribution is -0.164. The second-order valence-corrected chi connectivity index (χ2v) is 10.0. The van der Waals surface area contributed by atoms with Gasteiger partial charge in [-0.05, 0) is 36.4 Å². The van der Waals surface area contributed by atoms with Crippen molar-refractivity contribution in [3.05, 3.63) is 75.3 Å². The molecule has 4 heterocycles. The van der Waals surface area contributed by atoms with E-state index in [4.69, 9.17) is 23.2 Å². The van der Waals surface area contributed by atoms with Gasteiger partial charge in [-0.3, -0.25) is 9.36 Å². The van der Waals surface area contributed by atoms with Crippen LogP contribution in [0.4, 0.5) is 17.6 Å². The van der Waals surface area contributed by atoms with Crippen LogP contribution in [0.15, 0.2) is 53.7 Å². The van der Waals surface area contributed by atoms with Gasteiger partial charge in [-0.25, -0.2) is 28.5 Å². The molecule has 0 spiro atoms. The summed E-state index contributed by atoms with van der Waals surface area (Å²) < 4.78 is 58.8. The van der Waals surface area contributed by atoms with E-state index in [9.17, 15) is 27.2 Å². The van der Waals surface area contributed by atoms with E-state index in [0.717, 1.165) is 9.25 Å². The fourth-order valence-electron chi connectivity index (χ4n) is 4.25. The van der Waals surface area contributed by atoms with Gasteiger partial charge in [-0.1, -0.05) is 23.2 Å². The van der Waals surface area contributed by atoms with Gasteiger partial charge in [0.05, 0.1) is 17.6 Å². The number of halogens is 6. The molecule has 11 nitrogen and oxygen atoms in total. The van der Waals surface area contributed by atoms with Crippen LogP contribution in [0.2, 0.25) is 10.0 Å². The minimum atomic E-state index is -4.94. The van der Waals surface area contributed by atoms with Gasteiger partial charge in [0.1, 0.15) is 25.1 Å². The highest BCUT2D eigenvalue weighted by molar-refractivity contribution is 6.32. The number of amides is 1. The molecule has 1 aliphatic heterocycles. The molecule has 17 heteroatoms. The molecule has 3 aromatic heterocycles. The maximum Gasteiger partial charge on any atom is 0.410 e. The molecule has 1 fully saturated rings. The van der Waals surface area contributed by atoms with Crippen LogP contribution in [0.5, 0.6) is 0 Å². The van der Waals surface area contributed by atoms with Gasteiger partial charge in [-0.2, -0.15) is 13.2 Å². The van der Waals surface area contributed by atoms with Gasteiger partial charge in [0.15, 0.2) is 17.5 Å². The molecule has 3 atom stereocenters. The number of nitrogens with one attached hydrogen (secondary N) is 2. The summed E-state index contributed by atoms with van der Waals surface area (Å²) in [6, 6.07) is 5.61. The number of nitrogens with zero attached hydrogens (tertiary/aromatic N) is 7. The summed E-state index contributed by atoms with van der Waals surface area (Å²) in [5, 5.41) is 13.6. The minimum absolute atomic E-state index is 0.106. The number of aromatic nitrogens is 7. The number of hydrogen-bond acceptors (Lipinski definition) is 7. The molecule has 0 saturated carbocycles. The maximum atomic E-state index is 14.1. The average Bonchev–Trinajstić information content (AvgIpc) is 3.64. The molecule has 0 bridgehead atoms. The molecule has 4 aromatic rings. The Morgan fingerprint density at radius 2 is 1.90 bits per heavy atom. The molecule has 41 heavy (non-hydrogen) atoms. The Bertz CT molecular complexity index is 1600. The van der Waals surface area contributed by atoms with Crippen molar-refractivity contribution in [1.82, 2.24) is 44.7 Å². The number of alkyl halides is 4. The van der Waals surface area contributed by atoms with Crippen molar-refractivity contribution in [3.8, 4) is 17.2 Å². The van der Waals surface area contributed by atoms with Crippen LogP contribution < -0.4 is 16.3 Å². The van der Waals surface area contributed by atoms with Gasteiger partial charge in [-0.15, -0.1) is 10.2 Å². The van der Waals surface area contributed by atoms with Crippen molar-refractivity contribution in [3.63, 3.8) is 0 Å². The maximum absolute atomic E-state index is 14.1. The standard InChI is InChI=1S/C24H21Cl2F4N9O2/c25-14-5-3-13(4-6-14)20-36-38(11-19-33-12-39(35-19)21-16(26)2-1-7-31-21)23(41)37(20)10-18(24(28,29)30)34-22(40)17-8-15(27)9-32-17/h1-7,12,15,17-18,32H,8-11H2,(H,34,40)/t15-,17-,18?/m1/s1. The van der Waals surface area contributed by atoms with Gasteiger partial charge in [0.2, 0.25) is 5.91 Å². The number of rotatable bonds is 8. The molecule has 216 valence electrons. The highest BCUT2D eigenvalue weighted by Crippen LogP contribution is 2.25. The Morgan fingerprint density at radius 1 is 1.15 bits per heavy atom. The van der Waals surface area contributed by atoms with Crippen molar-refractivity contribution in [2.24, 2.45) is 0 Å². The van der Waals surface area contributed by atoms with E-state index in [-0.39, 0.29) is 37.0 Å². The summed E-state index contributed by atoms with van der Waals surface area (Å²) in [7, 11) is 0. The smallest absolute Gasteiger partial charge is 0.342 e. The summed E-state index contributed by atoms with van der Waals surface area (Å²) in [4.78, 5) is 34.2. The third kappa shape index (κ3) is 6.41. The van der Waals surface area contributed by atoms with E-state index in [1.54, 1.807) is 12.1 Å². The molecular formula is C24H21Cl2F4N9O2. The van der Waals surface area contributed by atoms with Crippen LogP contribution in [-0.2, 0) is 17.9 Å². The second-order valence-electron chi connectivity index (χ2n) is 9.19. The van der Waals surface area contributed by atoms with E-state index < -0.39 is 42.6 Å². The van der Waals surface area contributed by atoms with Crippen molar-refractivity contribution in [1.29, 1.82) is 0 Å². The van der Waals surface area contributed by atoms with Crippen molar-refractivity contribution in [2.45, 2.75) is 43.9 Å². The molecule has 0 aliphatic carbocycles. The lowest BCUT2D eigenvalue weighted by Gasteiger charge is -2.24. The molecule has 1 unspecified atom stereocenters. The largest absolute Gasteiger partial charge is 0.410 e. The highest BCUT2D eigenvalue weighted by Gasteiger charge is 2.43. The Balaban J connectivity index is 1.47. The predicted octanol–water partition coefficient (Wildman–Crippen LogP) is 2.79. The Kier molecular flexibility index (Phi) is 8.11. The number of benzene rings is 1. The van der Waals surface area contributed by atoms with Gasteiger partial charge >= 0.3 is 11.9 Å². The lowest BCUT2D eigenvalue weighted by Crippen LogP contribution is -2.53. The number of pyridine rings is 1. The second kappa shape index (κ2) is 11.6. The number of carbonyl (C=O) groups is 1. The zero-order valence-corrected chi connectivity index (χ0v) is 22.4. The molecule has 1 aromatic carbocycles. The first-order valence-electron chi connectivity index (χ1n) is 12.2. The Hall–Kier alpha value is -3.82. The summed E-state index contributed by atoms with van der Waals surface area (Å²) in [5.74, 6) is -0.740. The molecule has 2 N–H and O–H groups in total. The first kappa shape index (κ1) is 28.7. The van der Waals surface area contributed by atoms with Gasteiger partial charge in [0, 0.05) is 29.7 Å². The Labute approximate surface area is 239 Å². The summed E-state index contributed by atoms with van der Waals surface area (Å²) >= 11 is 12.1. The van der Waals surface area contributed by atoms with Crippen LogP contribution in [0, 0.1) is 0 Å². The van der Waals surface area contributed by atoms with Crippen molar-refractivity contribution < 1.29 is 22.4 Å². The summed E-state index contributed by atoms with van der Waals surface area (Å²) in [6.45, 7) is -1.43. The number of carbonyl (C=O) groups excluding carboxylic acids is 1. The van der Waals surface area contributed by atoms with Crippen LogP contribution in [0.1, 0.15) is 12.2 Å². The molecule has 0 radical (unpaired) electrons. The fourth-order valence-corrected chi connectivity index (χ4v) is 4.59. The van der Waals surface area contributed by atoms with Crippen LogP contribution in [0.25, 0.3) is 17.2 Å². The van der Waals surface area contributed by atoms with E-state index in [2.05, 4.69) is 25.5 Å². The van der Waals surface area contributed by atoms with Gasteiger partial charge in [0.25, 0.3) is 0 Å². The minimum Gasteiger partial charge on any atom is -0.342 e. The summed E-state index contributed by atoms with van der Waals surface area (Å²) in [6.07, 6.45) is -3.72. The predicted molar refractivity (Wildman–Crippen MR) is 139 cm³/mol. The van der Waals surface area contributed by atoms with E-state index in [0.29, 0.717) is 15.6 Å². The monoisotopic (exact) mass is 613 g/mol. The summed E-state index contributed by atoms with van der Waals surface area (Å²) in [5.41, 5.74) is -0.609. The molecule has 5 rings (SSSR count). The van der Waals surface area contributed by atoms with E-state index in [1.807, 2.05) is 5.32 Å². The van der Waals surface area contributed by atoms with Crippen LogP contribution in [0.3, 0.4) is 0 Å². The third-order valence-corrected chi connectivity index (χ3v) is 6.83. The fraction of sp³-hybridized carbons (Fsp3) is 0.333. The third-order valence-electron chi connectivity index (χ3n) is 6.28. The first-order chi connectivity index (χ1) is 19.5. The quantitative estimate of drug-likeness (QED) is 0.293. The van der Waals surface area contributed by atoms with Crippen molar-refractivity contribution in [2.75, 3.05) is 6.54 Å². The van der Waals surface area contributed by atoms with E-state index in [1.165, 1.54) is 41.5 Å². The van der Waals surface area contributed by atoms with Crippen LogP contribution in [-0.4, -0.2) is 71.0 Å². The molecule has 1 amide bonds. The normalized spacial score (nSPS) is 18.0. The molecule has 1 aliphatic rings. The molecule has 1 saturated heterocycles. The highest BCUT2D eigenvalue weighted by atomic mass is 35.5. The average molecular weight is 614 g/mol. The SMILES string of the molecule is O=C(NC(Cn1c(-c2ccc(Cl)cc2)nn(Cc2ncn(-c3ncccc3Cl)n2)c1=O)C(F)(F)F)[C@H]1C[C@@H](F)CN1. The number of hydrogen-bond donors (Lipinski definition) is 2. The van der Waals surface area contributed by atoms with Gasteiger partial charge < -0.3 is 10.6 Å². The topological polar surface area (TPSA) is 125 Å². The lowest BCUT2D eigenvalue weighted by atomic mass is 10.1. The zero-order valence-electron chi connectivity index (χ0n) is 20.9. The van der Waals surface area contributed by atoms with Crippen LogP contribution >= 0.6 is 23.2 Å². The van der Waals surface area contributed by atoms with E-state index >= 15 is 0 Å². The first-order valence-corrected chi connectivity index (χ1v) is 12.9. The Morgan fingerprint density at radius 3 is 2.56 bits per heavy atom. The van der Waals surface area contributed by atoms with Crippen molar-refractivity contribution >= 4 is 29.1 Å². The zero-order chi connectivity index (χ0) is 29.3.